The number of benzene rings is 1. The van der Waals surface area contributed by atoms with Gasteiger partial charge in [-0.2, -0.15) is 0 Å². The molecule has 1 atom stereocenters. The van der Waals surface area contributed by atoms with E-state index >= 15 is 0 Å². The van der Waals surface area contributed by atoms with Gasteiger partial charge in [-0.25, -0.2) is 4.39 Å². The summed E-state index contributed by atoms with van der Waals surface area (Å²) in [6.45, 7) is 9.18. The van der Waals surface area contributed by atoms with Crippen molar-refractivity contribution in [3.63, 3.8) is 0 Å². The summed E-state index contributed by atoms with van der Waals surface area (Å²) in [6, 6.07) is 4.99. The average molecular weight is 239 g/mol. The molecule has 0 spiro atoms. The number of rotatable bonds is 3. The molecule has 0 aliphatic heterocycles. The zero-order valence-corrected chi connectivity index (χ0v) is 11.3. The van der Waals surface area contributed by atoms with Crippen LogP contribution in [0.4, 0.5) is 4.39 Å². The average Bonchev–Trinajstić information content (AvgIpc) is 2.22. The fraction of sp³-hybridized carbons (Fsp3) is 0.571. The van der Waals surface area contributed by atoms with Crippen LogP contribution in [0.1, 0.15) is 33.3 Å². The van der Waals surface area contributed by atoms with E-state index in [1.165, 1.54) is 6.07 Å². The van der Waals surface area contributed by atoms with Gasteiger partial charge in [-0.3, -0.25) is 4.90 Å². The summed E-state index contributed by atoms with van der Waals surface area (Å²) in [5.41, 5.74) is 0.779. The Bertz CT molecular complexity index is 384. The molecule has 1 N–H and O–H groups in total. The van der Waals surface area contributed by atoms with Gasteiger partial charge in [-0.1, -0.05) is 32.9 Å². The highest BCUT2D eigenvalue weighted by molar-refractivity contribution is 5.33. The highest BCUT2D eigenvalue weighted by Gasteiger charge is 2.24. The van der Waals surface area contributed by atoms with Crippen LogP contribution in [0.15, 0.2) is 18.2 Å². The minimum atomic E-state index is -0.556. The van der Waals surface area contributed by atoms with Crippen LogP contribution in [0.25, 0.3) is 0 Å². The maximum Gasteiger partial charge on any atom is 0.165 e. The lowest BCUT2D eigenvalue weighted by Crippen LogP contribution is -2.38. The van der Waals surface area contributed by atoms with E-state index in [0.717, 1.165) is 0 Å². The smallest absolute Gasteiger partial charge is 0.165 e. The molecule has 0 aliphatic carbocycles. The Balaban J connectivity index is 2.81. The Morgan fingerprint density at radius 2 is 1.94 bits per heavy atom. The molecule has 1 unspecified atom stereocenters. The summed E-state index contributed by atoms with van der Waals surface area (Å²) in [4.78, 5) is 2.12. The molecule has 0 radical (unpaired) electrons. The largest absolute Gasteiger partial charge is 0.505 e. The van der Waals surface area contributed by atoms with Crippen molar-refractivity contribution in [1.29, 1.82) is 0 Å². The van der Waals surface area contributed by atoms with Crippen LogP contribution in [0, 0.1) is 11.2 Å². The van der Waals surface area contributed by atoms with Crippen LogP contribution in [0.5, 0.6) is 5.75 Å². The highest BCUT2D eigenvalue weighted by Crippen LogP contribution is 2.27. The van der Waals surface area contributed by atoms with Crippen LogP contribution in [0.2, 0.25) is 0 Å². The molecule has 0 aromatic heterocycles. The topological polar surface area (TPSA) is 23.5 Å². The highest BCUT2D eigenvalue weighted by atomic mass is 19.1. The van der Waals surface area contributed by atoms with Crippen molar-refractivity contribution in [2.24, 2.45) is 5.41 Å². The second kappa shape index (κ2) is 5.05. The molecule has 0 saturated heterocycles. The molecule has 2 nitrogen and oxygen atoms in total. The molecule has 1 aromatic rings. The summed E-state index contributed by atoms with van der Waals surface area (Å²) >= 11 is 0. The van der Waals surface area contributed by atoms with Crippen molar-refractivity contribution in [2.75, 3.05) is 7.05 Å². The monoisotopic (exact) mass is 239 g/mol. The minimum Gasteiger partial charge on any atom is -0.505 e. The van der Waals surface area contributed by atoms with Crippen molar-refractivity contribution in [1.82, 2.24) is 4.90 Å². The Morgan fingerprint density at radius 3 is 2.47 bits per heavy atom. The summed E-state index contributed by atoms with van der Waals surface area (Å²) in [7, 11) is 1.99. The van der Waals surface area contributed by atoms with Gasteiger partial charge in [0.05, 0.1) is 0 Å². The van der Waals surface area contributed by atoms with Crippen LogP contribution in [-0.4, -0.2) is 23.1 Å². The first-order chi connectivity index (χ1) is 7.73. The Kier molecular flexibility index (Phi) is 4.15. The number of nitrogens with zero attached hydrogens (tertiary/aromatic N) is 1. The number of hydrogen-bond donors (Lipinski definition) is 1. The molecule has 17 heavy (non-hydrogen) atoms. The Hall–Kier alpha value is -1.09. The lowest BCUT2D eigenvalue weighted by molar-refractivity contribution is 0.133. The standard InChI is InChI=1S/C14H22FNO/c1-10(14(2,3)4)16(5)9-11-7-6-8-12(15)13(11)17/h6-8,10,17H,9H2,1-5H3. The van der Waals surface area contributed by atoms with E-state index < -0.39 is 5.82 Å². The van der Waals surface area contributed by atoms with Crippen LogP contribution < -0.4 is 0 Å². The molecule has 1 rings (SSSR count). The first-order valence-electron chi connectivity index (χ1n) is 5.90. The van der Waals surface area contributed by atoms with E-state index in [-0.39, 0.29) is 11.2 Å². The van der Waals surface area contributed by atoms with Crippen molar-refractivity contribution >= 4 is 0 Å². The van der Waals surface area contributed by atoms with Crippen LogP contribution in [-0.2, 0) is 6.54 Å². The van der Waals surface area contributed by atoms with Gasteiger partial charge in [0.25, 0.3) is 0 Å². The van der Waals surface area contributed by atoms with Gasteiger partial charge in [0.2, 0.25) is 0 Å². The maximum atomic E-state index is 13.2. The second-order valence-corrected chi connectivity index (χ2v) is 5.70. The number of phenolic OH excluding ortho intramolecular Hbond substituents is 1. The van der Waals surface area contributed by atoms with Gasteiger partial charge >= 0.3 is 0 Å². The molecule has 1 aromatic carbocycles. The zero-order chi connectivity index (χ0) is 13.2. The third kappa shape index (κ3) is 3.43. The summed E-state index contributed by atoms with van der Waals surface area (Å²) < 4.78 is 13.2. The van der Waals surface area contributed by atoms with Crippen molar-refractivity contribution in [3.05, 3.63) is 29.6 Å². The van der Waals surface area contributed by atoms with E-state index in [2.05, 4.69) is 32.6 Å². The minimum absolute atomic E-state index is 0.150. The number of hydrogen-bond acceptors (Lipinski definition) is 2. The van der Waals surface area contributed by atoms with Crippen LogP contribution >= 0.6 is 0 Å². The van der Waals surface area contributed by atoms with E-state index in [1.54, 1.807) is 12.1 Å². The third-order valence-electron chi connectivity index (χ3n) is 3.40. The third-order valence-corrected chi connectivity index (χ3v) is 3.40. The molecule has 3 heteroatoms. The molecule has 0 saturated carbocycles. The van der Waals surface area contributed by atoms with Gasteiger partial charge in [0, 0.05) is 18.2 Å². The number of aromatic hydroxyl groups is 1. The molecule has 0 fully saturated rings. The van der Waals surface area contributed by atoms with Gasteiger partial charge < -0.3 is 5.11 Å². The molecular weight excluding hydrogens is 217 g/mol. The molecule has 0 aliphatic rings. The first-order valence-corrected chi connectivity index (χ1v) is 5.90. The molecule has 0 amide bonds. The van der Waals surface area contributed by atoms with Gasteiger partial charge in [-0.05, 0) is 25.5 Å². The van der Waals surface area contributed by atoms with Gasteiger partial charge in [0.15, 0.2) is 11.6 Å². The Morgan fingerprint density at radius 1 is 1.35 bits per heavy atom. The predicted molar refractivity (Wildman–Crippen MR) is 68.4 cm³/mol. The summed E-state index contributed by atoms with van der Waals surface area (Å²) in [6.07, 6.45) is 0. The summed E-state index contributed by atoms with van der Waals surface area (Å²) in [5, 5.41) is 9.63. The summed E-state index contributed by atoms with van der Waals surface area (Å²) in [5.74, 6) is -0.792. The molecule has 0 heterocycles. The molecular formula is C14H22FNO. The van der Waals surface area contributed by atoms with Crippen molar-refractivity contribution < 1.29 is 9.50 Å². The van der Waals surface area contributed by atoms with E-state index in [4.69, 9.17) is 0 Å². The lowest BCUT2D eigenvalue weighted by atomic mass is 9.87. The second-order valence-electron chi connectivity index (χ2n) is 5.70. The predicted octanol–water partition coefficient (Wildman–Crippen LogP) is 3.40. The van der Waals surface area contributed by atoms with E-state index in [0.29, 0.717) is 18.2 Å². The van der Waals surface area contributed by atoms with Crippen molar-refractivity contribution in [2.45, 2.75) is 40.3 Å². The fourth-order valence-corrected chi connectivity index (χ4v) is 1.75. The fourth-order valence-electron chi connectivity index (χ4n) is 1.75. The van der Waals surface area contributed by atoms with Gasteiger partial charge in [0.1, 0.15) is 0 Å². The molecule has 96 valence electrons. The number of phenols is 1. The lowest BCUT2D eigenvalue weighted by Gasteiger charge is -2.35. The van der Waals surface area contributed by atoms with Crippen LogP contribution in [0.3, 0.4) is 0 Å². The Labute approximate surface area is 103 Å². The normalized spacial score (nSPS) is 14.1. The maximum absolute atomic E-state index is 13.2. The zero-order valence-electron chi connectivity index (χ0n) is 11.3. The number of para-hydroxylation sites is 1. The molecule has 0 bridgehead atoms. The van der Waals surface area contributed by atoms with Crippen molar-refractivity contribution in [3.8, 4) is 5.75 Å². The SMILES string of the molecule is CC(N(C)Cc1cccc(F)c1O)C(C)(C)C. The van der Waals surface area contributed by atoms with E-state index in [1.807, 2.05) is 7.05 Å². The van der Waals surface area contributed by atoms with Gasteiger partial charge in [-0.15, -0.1) is 0 Å². The number of halogens is 1. The first kappa shape index (κ1) is 14.0. The quantitative estimate of drug-likeness (QED) is 0.874. The van der Waals surface area contributed by atoms with E-state index in [9.17, 15) is 9.50 Å².